The second-order valence-corrected chi connectivity index (χ2v) is 7.21. The van der Waals surface area contributed by atoms with E-state index in [9.17, 15) is 14.4 Å². The average molecular weight is 378 g/mol. The van der Waals surface area contributed by atoms with Gasteiger partial charge in [0, 0.05) is 24.7 Å². The third kappa shape index (κ3) is 5.00. The Morgan fingerprint density at radius 1 is 1.19 bits per heavy atom. The standard InChI is InChI=1S/C19H27N3O3S/c1-4-13-6-8-14(9-7-13)18(24)21-15-10-16(19(25)20-5-2)22(11-15)17(23)12-26-3/h6-9,15-16H,4-5,10-12H2,1-3H3,(H,20,25)(H,21,24)/t15-,16-/m0/s1. The molecule has 1 saturated heterocycles. The van der Waals surface area contributed by atoms with Crippen LogP contribution in [0.5, 0.6) is 0 Å². The molecule has 0 aromatic heterocycles. The fourth-order valence-electron chi connectivity index (χ4n) is 3.12. The number of carbonyl (C=O) groups is 3. The number of nitrogens with zero attached hydrogens (tertiary/aromatic N) is 1. The molecule has 0 radical (unpaired) electrons. The molecule has 2 rings (SSSR count). The molecule has 7 heteroatoms. The smallest absolute Gasteiger partial charge is 0.251 e. The number of carbonyl (C=O) groups excluding carboxylic acids is 3. The van der Waals surface area contributed by atoms with Crippen molar-refractivity contribution in [3.05, 3.63) is 35.4 Å². The van der Waals surface area contributed by atoms with Gasteiger partial charge in [0.2, 0.25) is 11.8 Å². The van der Waals surface area contributed by atoms with E-state index in [1.807, 2.05) is 25.3 Å². The molecule has 0 aliphatic carbocycles. The zero-order valence-electron chi connectivity index (χ0n) is 15.6. The fourth-order valence-corrected chi connectivity index (χ4v) is 3.54. The maximum absolute atomic E-state index is 12.5. The normalized spacial score (nSPS) is 19.3. The Morgan fingerprint density at radius 3 is 2.46 bits per heavy atom. The minimum Gasteiger partial charge on any atom is -0.355 e. The van der Waals surface area contributed by atoms with Gasteiger partial charge in [-0.3, -0.25) is 14.4 Å². The first-order valence-corrected chi connectivity index (χ1v) is 10.3. The molecule has 6 nitrogen and oxygen atoms in total. The van der Waals surface area contributed by atoms with Crippen LogP contribution in [0, 0.1) is 0 Å². The van der Waals surface area contributed by atoms with Gasteiger partial charge in [0.1, 0.15) is 6.04 Å². The highest BCUT2D eigenvalue weighted by Crippen LogP contribution is 2.20. The molecule has 0 unspecified atom stereocenters. The van der Waals surface area contributed by atoms with Crippen LogP contribution in [0.4, 0.5) is 0 Å². The van der Waals surface area contributed by atoms with Crippen molar-refractivity contribution in [2.24, 2.45) is 0 Å². The Kier molecular flexibility index (Phi) is 7.50. The summed E-state index contributed by atoms with van der Waals surface area (Å²) in [5.74, 6) is -0.0787. The molecule has 1 aromatic carbocycles. The van der Waals surface area contributed by atoms with Crippen LogP contribution in [0.25, 0.3) is 0 Å². The Labute approximate surface area is 159 Å². The molecular formula is C19H27N3O3S. The topological polar surface area (TPSA) is 78.5 Å². The number of likely N-dealkylation sites (N-methyl/N-ethyl adjacent to an activating group) is 1. The summed E-state index contributed by atoms with van der Waals surface area (Å²) in [6, 6.07) is 6.74. The number of nitrogens with one attached hydrogen (secondary N) is 2. The molecule has 1 aliphatic rings. The van der Waals surface area contributed by atoms with Crippen molar-refractivity contribution in [2.75, 3.05) is 25.1 Å². The van der Waals surface area contributed by atoms with Crippen LogP contribution in [0.15, 0.2) is 24.3 Å². The lowest BCUT2D eigenvalue weighted by atomic mass is 10.1. The lowest BCUT2D eigenvalue weighted by Crippen LogP contribution is -2.46. The summed E-state index contributed by atoms with van der Waals surface area (Å²) in [5.41, 5.74) is 1.76. The van der Waals surface area contributed by atoms with E-state index >= 15 is 0 Å². The van der Waals surface area contributed by atoms with Gasteiger partial charge >= 0.3 is 0 Å². The number of likely N-dealkylation sites (tertiary alicyclic amines) is 1. The van der Waals surface area contributed by atoms with Gasteiger partial charge in [0.05, 0.1) is 5.75 Å². The zero-order chi connectivity index (χ0) is 19.1. The average Bonchev–Trinajstić information content (AvgIpc) is 3.06. The van der Waals surface area contributed by atoms with E-state index < -0.39 is 6.04 Å². The lowest BCUT2D eigenvalue weighted by molar-refractivity contribution is -0.136. The summed E-state index contributed by atoms with van der Waals surface area (Å²) in [6.07, 6.45) is 3.21. The molecule has 1 heterocycles. The summed E-state index contributed by atoms with van der Waals surface area (Å²) >= 11 is 1.43. The highest BCUT2D eigenvalue weighted by molar-refractivity contribution is 7.99. The summed E-state index contributed by atoms with van der Waals surface area (Å²) in [4.78, 5) is 38.7. The largest absolute Gasteiger partial charge is 0.355 e. The van der Waals surface area contributed by atoms with E-state index in [1.165, 1.54) is 17.3 Å². The first kappa shape index (κ1) is 20.3. The minimum atomic E-state index is -0.526. The third-order valence-corrected chi connectivity index (χ3v) is 5.04. The minimum absolute atomic E-state index is 0.0715. The first-order valence-electron chi connectivity index (χ1n) is 8.96. The highest BCUT2D eigenvalue weighted by atomic mass is 32.2. The second-order valence-electron chi connectivity index (χ2n) is 6.35. The van der Waals surface area contributed by atoms with E-state index in [1.54, 1.807) is 17.0 Å². The molecule has 2 N–H and O–H groups in total. The number of amides is 3. The van der Waals surface area contributed by atoms with Crippen LogP contribution in [0.3, 0.4) is 0 Å². The van der Waals surface area contributed by atoms with Gasteiger partial charge in [-0.25, -0.2) is 0 Å². The highest BCUT2D eigenvalue weighted by Gasteiger charge is 2.39. The van der Waals surface area contributed by atoms with Crippen LogP contribution in [-0.4, -0.2) is 59.8 Å². The van der Waals surface area contributed by atoms with E-state index in [4.69, 9.17) is 0 Å². The predicted octanol–water partition coefficient (Wildman–Crippen LogP) is 1.45. The molecule has 1 aromatic rings. The van der Waals surface area contributed by atoms with Gasteiger partial charge in [-0.05, 0) is 43.7 Å². The van der Waals surface area contributed by atoms with E-state index in [-0.39, 0.29) is 23.8 Å². The molecule has 0 bridgehead atoms. The SMILES string of the molecule is CCNC(=O)[C@@H]1C[C@H](NC(=O)c2ccc(CC)cc2)CN1C(=O)CSC. The Balaban J connectivity index is 2.05. The van der Waals surface area contributed by atoms with Crippen LogP contribution in [0.2, 0.25) is 0 Å². The molecule has 2 atom stereocenters. The Bertz CT molecular complexity index is 622. The van der Waals surface area contributed by atoms with E-state index in [2.05, 4.69) is 17.6 Å². The second kappa shape index (κ2) is 9.62. The third-order valence-electron chi connectivity index (χ3n) is 4.50. The number of hydrogen-bond acceptors (Lipinski definition) is 4. The summed E-state index contributed by atoms with van der Waals surface area (Å²) < 4.78 is 0. The molecule has 1 fully saturated rings. The van der Waals surface area contributed by atoms with Crippen molar-refractivity contribution in [1.29, 1.82) is 0 Å². The van der Waals surface area contributed by atoms with Crippen molar-refractivity contribution in [2.45, 2.75) is 38.8 Å². The molecule has 142 valence electrons. The van der Waals surface area contributed by atoms with E-state index in [0.717, 1.165) is 6.42 Å². The number of aryl methyl sites for hydroxylation is 1. The van der Waals surface area contributed by atoms with Gasteiger partial charge in [-0.2, -0.15) is 11.8 Å². The number of benzene rings is 1. The Hall–Kier alpha value is -2.02. The molecular weight excluding hydrogens is 350 g/mol. The maximum atomic E-state index is 12.5. The molecule has 3 amide bonds. The lowest BCUT2D eigenvalue weighted by Gasteiger charge is -2.23. The first-order chi connectivity index (χ1) is 12.5. The van der Waals surface area contributed by atoms with Crippen LogP contribution in [0.1, 0.15) is 36.2 Å². The monoisotopic (exact) mass is 377 g/mol. The molecule has 1 aliphatic heterocycles. The summed E-state index contributed by atoms with van der Waals surface area (Å²) in [6.45, 7) is 4.79. The van der Waals surface area contributed by atoms with Crippen molar-refractivity contribution in [3.63, 3.8) is 0 Å². The number of hydrogen-bond donors (Lipinski definition) is 2. The van der Waals surface area contributed by atoms with Gasteiger partial charge in [-0.1, -0.05) is 19.1 Å². The van der Waals surface area contributed by atoms with Crippen LogP contribution >= 0.6 is 11.8 Å². The maximum Gasteiger partial charge on any atom is 0.251 e. The van der Waals surface area contributed by atoms with Crippen molar-refractivity contribution >= 4 is 29.5 Å². The van der Waals surface area contributed by atoms with Crippen LogP contribution in [-0.2, 0) is 16.0 Å². The summed E-state index contributed by atoms with van der Waals surface area (Å²) in [5, 5.41) is 5.75. The van der Waals surface area contributed by atoms with Crippen molar-refractivity contribution in [3.8, 4) is 0 Å². The van der Waals surface area contributed by atoms with Crippen molar-refractivity contribution < 1.29 is 14.4 Å². The summed E-state index contributed by atoms with van der Waals surface area (Å²) in [7, 11) is 0. The quantitative estimate of drug-likeness (QED) is 0.754. The predicted molar refractivity (Wildman–Crippen MR) is 104 cm³/mol. The van der Waals surface area contributed by atoms with Gasteiger partial charge in [0.15, 0.2) is 0 Å². The fraction of sp³-hybridized carbons (Fsp3) is 0.526. The zero-order valence-corrected chi connectivity index (χ0v) is 16.4. The van der Waals surface area contributed by atoms with Gasteiger partial charge in [0.25, 0.3) is 5.91 Å². The van der Waals surface area contributed by atoms with E-state index in [0.29, 0.717) is 30.8 Å². The molecule has 0 saturated carbocycles. The number of rotatable bonds is 7. The van der Waals surface area contributed by atoms with Gasteiger partial charge in [-0.15, -0.1) is 0 Å². The number of thioether (sulfide) groups is 1. The van der Waals surface area contributed by atoms with Gasteiger partial charge < -0.3 is 15.5 Å². The molecule has 26 heavy (non-hydrogen) atoms. The van der Waals surface area contributed by atoms with Crippen LogP contribution < -0.4 is 10.6 Å². The Morgan fingerprint density at radius 2 is 1.88 bits per heavy atom. The van der Waals surface area contributed by atoms with Crippen molar-refractivity contribution in [1.82, 2.24) is 15.5 Å². The molecule has 0 spiro atoms.